The molecule has 5 nitrogen and oxygen atoms in total. The molecule has 100 valence electrons. The van der Waals surface area contributed by atoms with Crippen molar-refractivity contribution in [2.75, 3.05) is 26.2 Å². The summed E-state index contributed by atoms with van der Waals surface area (Å²) in [5.74, 6) is -0.833. The van der Waals surface area contributed by atoms with Crippen molar-refractivity contribution in [1.29, 1.82) is 0 Å². The van der Waals surface area contributed by atoms with Crippen LogP contribution in [0.3, 0.4) is 0 Å². The number of nitrogens with two attached hydrogens (primary N) is 2. The first-order valence-electron chi connectivity index (χ1n) is 5.87. The van der Waals surface area contributed by atoms with Crippen LogP contribution in [0.5, 0.6) is 0 Å². The minimum atomic E-state index is -0.833. The maximum atomic E-state index is 9.00. The van der Waals surface area contributed by atoms with E-state index in [2.05, 4.69) is 19.2 Å². The Bertz CT molecular complexity index is 112. The molecule has 0 heterocycles. The molecule has 0 aliphatic carbocycles. The van der Waals surface area contributed by atoms with Crippen LogP contribution in [-0.2, 0) is 4.79 Å². The third-order valence-electron chi connectivity index (χ3n) is 1.35. The van der Waals surface area contributed by atoms with Crippen LogP contribution in [0, 0.1) is 0 Å². The minimum Gasteiger partial charge on any atom is -0.481 e. The summed E-state index contributed by atoms with van der Waals surface area (Å²) in [6.45, 7) is 8.64. The molecule has 0 aromatic heterocycles. The first-order chi connectivity index (χ1) is 7.56. The predicted molar refractivity (Wildman–Crippen MR) is 69.5 cm³/mol. The molecule has 0 aliphatic rings. The molecule has 0 fully saturated rings. The Morgan fingerprint density at radius 1 is 1.12 bits per heavy atom. The summed E-state index contributed by atoms with van der Waals surface area (Å²) in [6.07, 6.45) is 4.08. The fourth-order valence-electron chi connectivity index (χ4n) is 0.683. The van der Waals surface area contributed by atoms with Gasteiger partial charge in [0.15, 0.2) is 0 Å². The standard InChI is InChI=1S/C5H12.C4H13N3.C2H4O2/c1-3-5-4-2;5-1-3-7-4-2-6;1-2(3)4/h3-5H2,1-2H3;7H,1-6H2;1H3,(H,3,4). The van der Waals surface area contributed by atoms with Crippen LogP contribution < -0.4 is 16.8 Å². The Labute approximate surface area is 99.6 Å². The molecule has 0 aliphatic heterocycles. The Kier molecular flexibility index (Phi) is 30.9. The van der Waals surface area contributed by atoms with Gasteiger partial charge in [0.2, 0.25) is 0 Å². The van der Waals surface area contributed by atoms with E-state index in [-0.39, 0.29) is 0 Å². The van der Waals surface area contributed by atoms with E-state index >= 15 is 0 Å². The molecule has 0 amide bonds. The molecular weight excluding hydrogens is 206 g/mol. The molecule has 0 bridgehead atoms. The predicted octanol–water partition coefficient (Wildman–Crippen LogP) is 0.781. The van der Waals surface area contributed by atoms with Crippen LogP contribution >= 0.6 is 0 Å². The second kappa shape index (κ2) is 23.9. The molecule has 0 saturated carbocycles. The molecule has 5 heteroatoms. The van der Waals surface area contributed by atoms with Gasteiger partial charge in [-0.15, -0.1) is 0 Å². The van der Waals surface area contributed by atoms with Gasteiger partial charge in [0.1, 0.15) is 0 Å². The largest absolute Gasteiger partial charge is 0.481 e. The summed E-state index contributed by atoms with van der Waals surface area (Å²) in [5, 5.41) is 10.5. The second-order valence-electron chi connectivity index (χ2n) is 3.20. The number of hydrogen-bond donors (Lipinski definition) is 4. The summed E-state index contributed by atoms with van der Waals surface area (Å²) in [4.78, 5) is 9.00. The van der Waals surface area contributed by atoms with E-state index in [1.54, 1.807) is 0 Å². The lowest BCUT2D eigenvalue weighted by Crippen LogP contribution is -2.27. The quantitative estimate of drug-likeness (QED) is 0.510. The molecule has 0 saturated heterocycles. The monoisotopic (exact) mass is 235 g/mol. The summed E-state index contributed by atoms with van der Waals surface area (Å²) < 4.78 is 0. The van der Waals surface area contributed by atoms with Crippen molar-refractivity contribution in [3.63, 3.8) is 0 Å². The molecule has 0 unspecified atom stereocenters. The first-order valence-corrected chi connectivity index (χ1v) is 5.87. The highest BCUT2D eigenvalue weighted by molar-refractivity contribution is 5.62. The van der Waals surface area contributed by atoms with Crippen LogP contribution in [0.4, 0.5) is 0 Å². The number of carboxylic acid groups (broad SMARTS) is 1. The van der Waals surface area contributed by atoms with Crippen LogP contribution in [0.15, 0.2) is 0 Å². The lowest BCUT2D eigenvalue weighted by Gasteiger charge is -1.95. The van der Waals surface area contributed by atoms with Gasteiger partial charge in [-0.05, 0) is 0 Å². The molecular formula is C11H29N3O2. The molecule has 0 aromatic rings. The molecule has 0 radical (unpaired) electrons. The Hall–Kier alpha value is -0.650. The number of aliphatic carboxylic acids is 1. The highest BCUT2D eigenvalue weighted by Gasteiger charge is 1.76. The average molecular weight is 235 g/mol. The van der Waals surface area contributed by atoms with E-state index in [9.17, 15) is 0 Å². The topological polar surface area (TPSA) is 101 Å². The highest BCUT2D eigenvalue weighted by Crippen LogP contribution is 1.88. The van der Waals surface area contributed by atoms with E-state index in [4.69, 9.17) is 21.4 Å². The second-order valence-corrected chi connectivity index (χ2v) is 3.20. The summed E-state index contributed by atoms with van der Waals surface area (Å²) in [6, 6.07) is 0. The molecule has 0 aromatic carbocycles. The van der Waals surface area contributed by atoms with Gasteiger partial charge >= 0.3 is 0 Å². The summed E-state index contributed by atoms with van der Waals surface area (Å²) in [5.41, 5.74) is 10.3. The maximum absolute atomic E-state index is 9.00. The van der Waals surface area contributed by atoms with Crippen LogP contribution in [0.1, 0.15) is 40.0 Å². The van der Waals surface area contributed by atoms with E-state index in [1.165, 1.54) is 19.3 Å². The van der Waals surface area contributed by atoms with Crippen molar-refractivity contribution in [2.45, 2.75) is 40.0 Å². The van der Waals surface area contributed by atoms with E-state index in [1.807, 2.05) is 0 Å². The van der Waals surface area contributed by atoms with E-state index in [0.29, 0.717) is 13.1 Å². The van der Waals surface area contributed by atoms with Crippen molar-refractivity contribution in [2.24, 2.45) is 11.5 Å². The lowest BCUT2D eigenvalue weighted by molar-refractivity contribution is -0.134. The average Bonchev–Trinajstić information content (AvgIpc) is 2.20. The van der Waals surface area contributed by atoms with Crippen LogP contribution in [0.2, 0.25) is 0 Å². The fourth-order valence-corrected chi connectivity index (χ4v) is 0.683. The van der Waals surface area contributed by atoms with Gasteiger partial charge in [0.25, 0.3) is 5.97 Å². The van der Waals surface area contributed by atoms with Crippen molar-refractivity contribution >= 4 is 5.97 Å². The van der Waals surface area contributed by atoms with Crippen molar-refractivity contribution in [3.05, 3.63) is 0 Å². The molecule has 6 N–H and O–H groups in total. The lowest BCUT2D eigenvalue weighted by atomic mass is 10.3. The number of carbonyl (C=O) groups is 1. The van der Waals surface area contributed by atoms with E-state index < -0.39 is 5.97 Å². The van der Waals surface area contributed by atoms with Crippen molar-refractivity contribution < 1.29 is 9.90 Å². The first kappa shape index (κ1) is 20.7. The SMILES string of the molecule is CC(=O)O.CCCCC.NCCNCCN. The number of hydrogen-bond acceptors (Lipinski definition) is 4. The molecule has 0 rings (SSSR count). The number of nitrogens with one attached hydrogen (secondary N) is 1. The molecule has 0 atom stereocenters. The van der Waals surface area contributed by atoms with E-state index in [0.717, 1.165) is 20.0 Å². The molecule has 16 heavy (non-hydrogen) atoms. The zero-order valence-electron chi connectivity index (χ0n) is 11.0. The normalized spacial score (nSPS) is 8.31. The highest BCUT2D eigenvalue weighted by atomic mass is 16.4. The van der Waals surface area contributed by atoms with Crippen molar-refractivity contribution in [3.8, 4) is 0 Å². The fraction of sp³-hybridized carbons (Fsp3) is 0.909. The number of unbranched alkanes of at least 4 members (excludes halogenated alkanes) is 2. The van der Waals surface area contributed by atoms with Gasteiger partial charge in [-0.1, -0.05) is 33.1 Å². The van der Waals surface area contributed by atoms with Gasteiger partial charge in [-0.2, -0.15) is 0 Å². The zero-order valence-corrected chi connectivity index (χ0v) is 11.0. The molecule has 0 spiro atoms. The van der Waals surface area contributed by atoms with Crippen LogP contribution in [-0.4, -0.2) is 37.3 Å². The maximum Gasteiger partial charge on any atom is 0.300 e. The zero-order chi connectivity index (χ0) is 13.2. The van der Waals surface area contributed by atoms with Gasteiger partial charge in [0.05, 0.1) is 0 Å². The third-order valence-corrected chi connectivity index (χ3v) is 1.35. The van der Waals surface area contributed by atoms with Gasteiger partial charge in [-0.3, -0.25) is 4.79 Å². The van der Waals surface area contributed by atoms with Gasteiger partial charge in [0, 0.05) is 33.1 Å². The number of carboxylic acids is 1. The number of rotatable bonds is 6. The van der Waals surface area contributed by atoms with Crippen LogP contribution in [0.25, 0.3) is 0 Å². The van der Waals surface area contributed by atoms with Gasteiger partial charge in [-0.25, -0.2) is 0 Å². The van der Waals surface area contributed by atoms with Gasteiger partial charge < -0.3 is 21.9 Å². The summed E-state index contributed by atoms with van der Waals surface area (Å²) in [7, 11) is 0. The van der Waals surface area contributed by atoms with Crippen molar-refractivity contribution in [1.82, 2.24) is 5.32 Å². The Morgan fingerprint density at radius 3 is 1.56 bits per heavy atom. The minimum absolute atomic E-state index is 0.694. The third kappa shape index (κ3) is 71.1. The summed E-state index contributed by atoms with van der Waals surface area (Å²) >= 11 is 0. The Balaban J connectivity index is -0.000000166. The Morgan fingerprint density at radius 2 is 1.44 bits per heavy atom. The smallest absolute Gasteiger partial charge is 0.300 e.